The molecule has 180 valence electrons. The molecule has 4 aliphatic heterocycles. The summed E-state index contributed by atoms with van der Waals surface area (Å²) in [6, 6.07) is 4.05. The smallest absolute Gasteiger partial charge is 0.319 e. The van der Waals surface area contributed by atoms with E-state index in [1.54, 1.807) is 6.07 Å². The number of ether oxygens (including phenoxy) is 1. The van der Waals surface area contributed by atoms with E-state index in [1.165, 1.54) is 0 Å². The van der Waals surface area contributed by atoms with Gasteiger partial charge in [-0.2, -0.15) is 0 Å². The number of hydrogen-bond acceptors (Lipinski definition) is 4. The Hall–Kier alpha value is -1.99. The molecule has 0 aliphatic carbocycles. The monoisotopic (exact) mass is 474 g/mol. The molecule has 5 rings (SSSR count). The number of hydrogen-bond donors (Lipinski definition) is 1. The number of nitrogens with one attached hydrogen (secondary N) is 1. The van der Waals surface area contributed by atoms with E-state index >= 15 is 0 Å². The molecule has 0 atom stereocenters. The number of halogens is 1. The third-order valence-electron chi connectivity index (χ3n) is 7.69. The van der Waals surface area contributed by atoms with Crippen molar-refractivity contribution in [3.63, 3.8) is 0 Å². The minimum Gasteiger partial charge on any atom is -0.492 e. The maximum atomic E-state index is 12.9. The highest BCUT2D eigenvalue weighted by atomic mass is 35.5. The lowest BCUT2D eigenvalue weighted by molar-refractivity contribution is 0.0886. The second kappa shape index (κ2) is 10.1. The molecule has 0 bridgehead atoms. The van der Waals surface area contributed by atoms with E-state index < -0.39 is 0 Å². The average Bonchev–Trinajstić information content (AvgIpc) is 3.52. The van der Waals surface area contributed by atoms with E-state index in [1.807, 2.05) is 11.0 Å². The van der Waals surface area contributed by atoms with Gasteiger partial charge in [-0.15, -0.1) is 0 Å². The van der Waals surface area contributed by atoms with E-state index in [2.05, 4.69) is 15.1 Å². The van der Waals surface area contributed by atoms with Crippen LogP contribution in [0.15, 0.2) is 12.1 Å². The first kappa shape index (κ1) is 22.8. The predicted molar refractivity (Wildman–Crippen MR) is 128 cm³/mol. The predicted octanol–water partition coefficient (Wildman–Crippen LogP) is 3.40. The number of carbonyl (C=O) groups excluding carboxylic acids is 2. The molecule has 8 heteroatoms. The molecule has 1 aromatic carbocycles. The maximum Gasteiger partial charge on any atom is 0.319 e. The van der Waals surface area contributed by atoms with Gasteiger partial charge < -0.3 is 24.8 Å². The Morgan fingerprint density at radius 2 is 1.67 bits per heavy atom. The van der Waals surface area contributed by atoms with Crippen LogP contribution in [0.3, 0.4) is 0 Å². The molecule has 0 radical (unpaired) electrons. The quantitative estimate of drug-likeness (QED) is 0.726. The zero-order valence-corrected chi connectivity index (χ0v) is 20.1. The van der Waals surface area contributed by atoms with Crippen LogP contribution in [0.2, 0.25) is 5.02 Å². The van der Waals surface area contributed by atoms with Gasteiger partial charge in [-0.1, -0.05) is 11.6 Å². The number of benzene rings is 1. The van der Waals surface area contributed by atoms with Crippen molar-refractivity contribution in [2.75, 3.05) is 52.4 Å². The molecule has 3 amide bonds. The van der Waals surface area contributed by atoms with E-state index in [9.17, 15) is 9.59 Å². The lowest BCUT2D eigenvalue weighted by Gasteiger charge is -2.38. The van der Waals surface area contributed by atoms with Crippen molar-refractivity contribution in [1.82, 2.24) is 20.0 Å². The first-order chi connectivity index (χ1) is 16.1. The van der Waals surface area contributed by atoms with Crippen LogP contribution in [0.25, 0.3) is 0 Å². The van der Waals surface area contributed by atoms with Gasteiger partial charge >= 0.3 is 6.03 Å². The summed E-state index contributed by atoms with van der Waals surface area (Å²) in [5, 5.41) is 3.80. The van der Waals surface area contributed by atoms with Crippen LogP contribution in [0.1, 0.15) is 54.4 Å². The van der Waals surface area contributed by atoms with Gasteiger partial charge in [0.1, 0.15) is 5.75 Å². The van der Waals surface area contributed by atoms with Gasteiger partial charge in [0.15, 0.2) is 0 Å². The highest BCUT2D eigenvalue weighted by molar-refractivity contribution is 6.31. The largest absolute Gasteiger partial charge is 0.492 e. The highest BCUT2D eigenvalue weighted by Gasteiger charge is 2.30. The summed E-state index contributed by atoms with van der Waals surface area (Å²) in [5.41, 5.74) is 1.59. The number of rotatable bonds is 4. The molecule has 0 unspecified atom stereocenters. The zero-order chi connectivity index (χ0) is 22.8. The minimum atomic E-state index is -0.0795. The van der Waals surface area contributed by atoms with Crippen molar-refractivity contribution in [3.05, 3.63) is 28.3 Å². The van der Waals surface area contributed by atoms with Gasteiger partial charge in [-0.05, 0) is 62.1 Å². The van der Waals surface area contributed by atoms with Crippen molar-refractivity contribution in [1.29, 1.82) is 0 Å². The summed E-state index contributed by atoms with van der Waals surface area (Å²) >= 11 is 6.22. The topological polar surface area (TPSA) is 65.1 Å². The summed E-state index contributed by atoms with van der Waals surface area (Å²) in [6.07, 6.45) is 7.21. The number of urea groups is 1. The molecule has 0 aromatic heterocycles. The average molecular weight is 475 g/mol. The lowest BCUT2D eigenvalue weighted by Crippen LogP contribution is -2.49. The Labute approximate surface area is 201 Å². The number of carbonyl (C=O) groups is 2. The third-order valence-corrected chi connectivity index (χ3v) is 7.91. The fraction of sp³-hybridized carbons (Fsp3) is 0.680. The van der Waals surface area contributed by atoms with E-state index in [-0.39, 0.29) is 18.0 Å². The summed E-state index contributed by atoms with van der Waals surface area (Å²) < 4.78 is 5.69. The number of fused-ring (bicyclic) bond motifs is 1. The molecule has 1 aromatic rings. The Balaban J connectivity index is 1.05. The fourth-order valence-electron chi connectivity index (χ4n) is 5.74. The Kier molecular flexibility index (Phi) is 6.97. The first-order valence-corrected chi connectivity index (χ1v) is 13.0. The van der Waals surface area contributed by atoms with Crippen LogP contribution in [-0.4, -0.2) is 85.1 Å². The SMILES string of the molecule is O=C(NC1CCN(CC2CCN(C(=O)N3CCCC3)CC2)CC1)c1cc(Cl)cc2c1OCC2. The van der Waals surface area contributed by atoms with E-state index in [4.69, 9.17) is 16.3 Å². The van der Waals surface area contributed by atoms with Crippen molar-refractivity contribution in [2.45, 2.75) is 51.0 Å². The van der Waals surface area contributed by atoms with Crippen molar-refractivity contribution < 1.29 is 14.3 Å². The standard InChI is InChI=1S/C25H35ClN4O3/c26-20-15-19-7-14-33-23(19)22(16-20)24(31)27-21-5-10-28(11-6-21)17-18-3-12-30(13-4-18)25(32)29-8-1-2-9-29/h15-16,18,21H,1-14,17H2,(H,27,31). The molecule has 1 N–H and O–H groups in total. The molecule has 0 saturated carbocycles. The Morgan fingerprint density at radius 3 is 2.39 bits per heavy atom. The van der Waals surface area contributed by atoms with E-state index in [0.717, 1.165) is 96.3 Å². The van der Waals surface area contributed by atoms with Crippen LogP contribution < -0.4 is 10.1 Å². The van der Waals surface area contributed by atoms with Gasteiger partial charge in [0.25, 0.3) is 5.91 Å². The van der Waals surface area contributed by atoms with Gasteiger partial charge in [0.2, 0.25) is 0 Å². The van der Waals surface area contributed by atoms with Crippen LogP contribution in [0, 0.1) is 5.92 Å². The molecule has 33 heavy (non-hydrogen) atoms. The molecule has 3 fully saturated rings. The number of amides is 3. The summed E-state index contributed by atoms with van der Waals surface area (Å²) in [7, 11) is 0. The number of piperidine rings is 2. The fourth-order valence-corrected chi connectivity index (χ4v) is 5.98. The van der Waals surface area contributed by atoms with Crippen LogP contribution >= 0.6 is 11.6 Å². The summed E-state index contributed by atoms with van der Waals surface area (Å²) in [4.78, 5) is 32.1. The molecule has 3 saturated heterocycles. The lowest BCUT2D eigenvalue weighted by atomic mass is 9.94. The number of nitrogens with zero attached hydrogens (tertiary/aromatic N) is 3. The van der Waals surface area contributed by atoms with E-state index in [0.29, 0.717) is 28.9 Å². The highest BCUT2D eigenvalue weighted by Crippen LogP contribution is 2.33. The summed E-state index contributed by atoms with van der Waals surface area (Å²) in [6.45, 7) is 7.34. The molecule has 4 heterocycles. The van der Waals surface area contributed by atoms with Crippen molar-refractivity contribution >= 4 is 23.5 Å². The van der Waals surface area contributed by atoms with Crippen LogP contribution in [-0.2, 0) is 6.42 Å². The van der Waals surface area contributed by atoms with Gasteiger partial charge in [0.05, 0.1) is 12.2 Å². The molecular formula is C25H35ClN4O3. The van der Waals surface area contributed by atoms with Crippen molar-refractivity contribution in [3.8, 4) is 5.75 Å². The Bertz CT molecular complexity index is 873. The van der Waals surface area contributed by atoms with Crippen molar-refractivity contribution in [2.24, 2.45) is 5.92 Å². The molecule has 7 nitrogen and oxygen atoms in total. The third kappa shape index (κ3) is 5.24. The normalized spacial score (nSPS) is 22.3. The van der Waals surface area contributed by atoms with Gasteiger partial charge in [-0.25, -0.2) is 4.79 Å². The summed E-state index contributed by atoms with van der Waals surface area (Å²) in [5.74, 6) is 1.28. The second-order valence-corrected chi connectivity index (χ2v) is 10.4. The second-order valence-electron chi connectivity index (χ2n) is 10.00. The molecular weight excluding hydrogens is 440 g/mol. The first-order valence-electron chi connectivity index (χ1n) is 12.6. The maximum absolute atomic E-state index is 12.9. The van der Waals surface area contributed by atoms with Gasteiger partial charge in [0, 0.05) is 63.3 Å². The van der Waals surface area contributed by atoms with Crippen LogP contribution in [0.4, 0.5) is 4.79 Å². The number of likely N-dealkylation sites (tertiary alicyclic amines) is 3. The molecule has 4 aliphatic rings. The Morgan fingerprint density at radius 1 is 0.970 bits per heavy atom. The zero-order valence-electron chi connectivity index (χ0n) is 19.4. The minimum absolute atomic E-state index is 0.0795. The van der Waals surface area contributed by atoms with Crippen LogP contribution in [0.5, 0.6) is 5.75 Å². The molecule has 0 spiro atoms. The van der Waals surface area contributed by atoms with Gasteiger partial charge in [-0.3, -0.25) is 4.79 Å².